The first-order chi connectivity index (χ1) is 14.8. The molecule has 10 heteroatoms. The lowest BCUT2D eigenvalue weighted by atomic mass is 9.84. The number of fused-ring (bicyclic) bond motifs is 1. The molecule has 4 rings (SSSR count). The van der Waals surface area contributed by atoms with Crippen molar-refractivity contribution < 1.29 is 18.0 Å². The maximum atomic E-state index is 13.0. The van der Waals surface area contributed by atoms with Crippen molar-refractivity contribution in [1.82, 2.24) is 20.2 Å². The number of nitrogens with zero attached hydrogens (tertiary/aromatic N) is 3. The predicted octanol–water partition coefficient (Wildman–Crippen LogP) is 2.38. The number of rotatable bonds is 6. The standard InChI is InChI=1S/C21H27F3N6O/c22-21(23,24)14-3-6-18-17(7-14)20(28-12-27-18)26-9-19(31)29-15-10-30(11-15)16-4-1-13(8-25)2-5-16/h3,6-7,12-13,15-16H,1-2,4-5,8-11,25H2,(H,29,31)(H,26,27,28). The van der Waals surface area contributed by atoms with E-state index in [0.29, 0.717) is 17.5 Å². The van der Waals surface area contributed by atoms with Crippen molar-refractivity contribution in [2.45, 2.75) is 43.9 Å². The zero-order valence-corrected chi connectivity index (χ0v) is 17.2. The molecule has 0 radical (unpaired) electrons. The fourth-order valence-electron chi connectivity index (χ4n) is 4.46. The molecule has 2 aliphatic rings. The van der Waals surface area contributed by atoms with E-state index in [-0.39, 0.29) is 29.7 Å². The second-order valence-corrected chi connectivity index (χ2v) is 8.43. The topological polar surface area (TPSA) is 96.2 Å². The highest BCUT2D eigenvalue weighted by Gasteiger charge is 2.35. The second-order valence-electron chi connectivity index (χ2n) is 8.43. The Morgan fingerprint density at radius 3 is 2.58 bits per heavy atom. The van der Waals surface area contributed by atoms with E-state index in [1.807, 2.05) is 0 Å². The summed E-state index contributed by atoms with van der Waals surface area (Å²) in [6.45, 7) is 2.35. The Hall–Kier alpha value is -2.46. The molecule has 31 heavy (non-hydrogen) atoms. The van der Waals surface area contributed by atoms with Gasteiger partial charge in [0.1, 0.15) is 12.1 Å². The first kappa shape index (κ1) is 21.8. The number of hydrogen-bond acceptors (Lipinski definition) is 6. The van der Waals surface area contributed by atoms with Crippen molar-refractivity contribution in [3.8, 4) is 0 Å². The molecule has 0 atom stereocenters. The van der Waals surface area contributed by atoms with Gasteiger partial charge >= 0.3 is 6.18 Å². The molecule has 2 aromatic rings. The van der Waals surface area contributed by atoms with Crippen LogP contribution in [0.1, 0.15) is 31.2 Å². The summed E-state index contributed by atoms with van der Waals surface area (Å²) in [6.07, 6.45) is 1.45. The molecule has 0 bridgehead atoms. The average molecular weight is 436 g/mol. The summed E-state index contributed by atoms with van der Waals surface area (Å²) >= 11 is 0. The van der Waals surface area contributed by atoms with E-state index in [1.165, 1.54) is 25.2 Å². The molecule has 1 aliphatic heterocycles. The summed E-state index contributed by atoms with van der Waals surface area (Å²) in [7, 11) is 0. The van der Waals surface area contributed by atoms with Crippen LogP contribution in [-0.4, -0.2) is 59.0 Å². The SMILES string of the molecule is NCC1CCC(N2CC(NC(=O)CNc3ncnc4ccc(C(F)(F)F)cc34)C2)CC1. The van der Waals surface area contributed by atoms with Gasteiger partial charge in [-0.25, -0.2) is 9.97 Å². The quantitative estimate of drug-likeness (QED) is 0.644. The summed E-state index contributed by atoms with van der Waals surface area (Å²) in [5.41, 5.74) is 5.35. The number of carbonyl (C=O) groups excluding carboxylic acids is 1. The van der Waals surface area contributed by atoms with Crippen molar-refractivity contribution in [2.24, 2.45) is 11.7 Å². The van der Waals surface area contributed by atoms with E-state index in [1.54, 1.807) is 0 Å². The van der Waals surface area contributed by atoms with Crippen molar-refractivity contribution in [3.05, 3.63) is 30.1 Å². The molecule has 4 N–H and O–H groups in total. The molecule has 1 saturated carbocycles. The summed E-state index contributed by atoms with van der Waals surface area (Å²) in [4.78, 5) is 22.7. The largest absolute Gasteiger partial charge is 0.416 e. The van der Waals surface area contributed by atoms with Crippen molar-refractivity contribution in [3.63, 3.8) is 0 Å². The molecular formula is C21H27F3N6O. The molecular weight excluding hydrogens is 409 g/mol. The first-order valence-electron chi connectivity index (χ1n) is 10.6. The molecule has 168 valence electrons. The Balaban J connectivity index is 1.27. The van der Waals surface area contributed by atoms with Crippen LogP contribution < -0.4 is 16.4 Å². The zero-order chi connectivity index (χ0) is 22.0. The number of alkyl halides is 3. The lowest BCUT2D eigenvalue weighted by Crippen LogP contribution is -2.63. The number of anilines is 1. The van der Waals surface area contributed by atoms with Gasteiger partial charge in [-0.1, -0.05) is 0 Å². The summed E-state index contributed by atoms with van der Waals surface area (Å²) in [5.74, 6) is 0.637. The van der Waals surface area contributed by atoms with Gasteiger partial charge in [-0.3, -0.25) is 9.69 Å². The molecule has 2 heterocycles. The van der Waals surface area contributed by atoms with Crippen molar-refractivity contribution in [2.75, 3.05) is 31.5 Å². The average Bonchev–Trinajstić information content (AvgIpc) is 2.73. The summed E-state index contributed by atoms with van der Waals surface area (Å²) < 4.78 is 39.1. The fourth-order valence-corrected chi connectivity index (χ4v) is 4.46. The minimum atomic E-state index is -4.46. The van der Waals surface area contributed by atoms with Gasteiger partial charge < -0.3 is 16.4 Å². The highest BCUT2D eigenvalue weighted by atomic mass is 19.4. The Labute approximate surface area is 178 Å². The number of aromatic nitrogens is 2. The molecule has 0 unspecified atom stereocenters. The van der Waals surface area contributed by atoms with Crippen LogP contribution in [-0.2, 0) is 11.0 Å². The van der Waals surface area contributed by atoms with E-state index in [0.717, 1.165) is 44.6 Å². The van der Waals surface area contributed by atoms with E-state index in [2.05, 4.69) is 25.5 Å². The van der Waals surface area contributed by atoms with Gasteiger partial charge in [-0.2, -0.15) is 13.2 Å². The Morgan fingerprint density at radius 2 is 1.90 bits per heavy atom. The third-order valence-electron chi connectivity index (χ3n) is 6.32. The third-order valence-corrected chi connectivity index (χ3v) is 6.32. The Morgan fingerprint density at radius 1 is 1.16 bits per heavy atom. The number of likely N-dealkylation sites (tertiary alicyclic amines) is 1. The molecule has 2 fully saturated rings. The fraction of sp³-hybridized carbons (Fsp3) is 0.571. The molecule has 0 spiro atoms. The maximum Gasteiger partial charge on any atom is 0.416 e. The molecule has 1 aromatic heterocycles. The number of benzene rings is 1. The smallest absolute Gasteiger partial charge is 0.360 e. The number of carbonyl (C=O) groups is 1. The van der Waals surface area contributed by atoms with Crippen LogP contribution in [0.5, 0.6) is 0 Å². The van der Waals surface area contributed by atoms with E-state index >= 15 is 0 Å². The Kier molecular flexibility index (Phi) is 6.29. The summed E-state index contributed by atoms with van der Waals surface area (Å²) in [5, 5.41) is 6.05. The third kappa shape index (κ3) is 5.07. The Bertz CT molecular complexity index is 923. The van der Waals surface area contributed by atoms with E-state index in [4.69, 9.17) is 5.73 Å². The van der Waals surface area contributed by atoms with Gasteiger partial charge in [0.05, 0.1) is 23.7 Å². The van der Waals surface area contributed by atoms with Crippen molar-refractivity contribution in [1.29, 1.82) is 0 Å². The molecule has 1 aromatic carbocycles. The van der Waals surface area contributed by atoms with Crippen LogP contribution in [0, 0.1) is 5.92 Å². The minimum Gasteiger partial charge on any atom is -0.360 e. The van der Waals surface area contributed by atoms with Gasteiger partial charge in [-0.05, 0) is 56.3 Å². The number of amides is 1. The summed E-state index contributed by atoms with van der Waals surface area (Å²) in [6, 6.07) is 3.95. The minimum absolute atomic E-state index is 0.0690. The number of nitrogens with two attached hydrogens (primary N) is 1. The lowest BCUT2D eigenvalue weighted by molar-refractivity contribution is -0.137. The van der Waals surface area contributed by atoms with Gasteiger partial charge in [0.25, 0.3) is 0 Å². The number of halogens is 3. The highest BCUT2D eigenvalue weighted by Crippen LogP contribution is 2.32. The van der Waals surface area contributed by atoms with Gasteiger partial charge in [-0.15, -0.1) is 0 Å². The maximum absolute atomic E-state index is 13.0. The van der Waals surface area contributed by atoms with Crippen molar-refractivity contribution >= 4 is 22.6 Å². The molecule has 1 amide bonds. The first-order valence-corrected chi connectivity index (χ1v) is 10.6. The molecule has 7 nitrogen and oxygen atoms in total. The van der Waals surface area contributed by atoms with Crippen LogP contribution in [0.4, 0.5) is 19.0 Å². The molecule has 1 saturated heterocycles. The van der Waals surface area contributed by atoms with Crippen LogP contribution in [0.3, 0.4) is 0 Å². The lowest BCUT2D eigenvalue weighted by Gasteiger charge is -2.46. The molecule has 1 aliphatic carbocycles. The zero-order valence-electron chi connectivity index (χ0n) is 17.2. The predicted molar refractivity (Wildman–Crippen MR) is 111 cm³/mol. The van der Waals surface area contributed by atoms with Crippen LogP contribution >= 0.6 is 0 Å². The van der Waals surface area contributed by atoms with Gasteiger partial charge in [0, 0.05) is 24.5 Å². The highest BCUT2D eigenvalue weighted by molar-refractivity contribution is 5.91. The second kappa shape index (κ2) is 8.96. The van der Waals surface area contributed by atoms with Crippen LogP contribution in [0.15, 0.2) is 24.5 Å². The van der Waals surface area contributed by atoms with Gasteiger partial charge in [0.15, 0.2) is 0 Å². The van der Waals surface area contributed by atoms with Gasteiger partial charge in [0.2, 0.25) is 5.91 Å². The number of hydrogen-bond donors (Lipinski definition) is 3. The normalized spacial score (nSPS) is 22.8. The van der Waals surface area contributed by atoms with Crippen LogP contribution in [0.25, 0.3) is 10.9 Å². The van der Waals surface area contributed by atoms with E-state index < -0.39 is 11.7 Å². The van der Waals surface area contributed by atoms with Crippen LogP contribution in [0.2, 0.25) is 0 Å². The monoisotopic (exact) mass is 436 g/mol. The number of nitrogens with one attached hydrogen (secondary N) is 2. The van der Waals surface area contributed by atoms with E-state index in [9.17, 15) is 18.0 Å².